The summed E-state index contributed by atoms with van der Waals surface area (Å²) in [7, 11) is -1.56. The van der Waals surface area contributed by atoms with Gasteiger partial charge in [-0.1, -0.05) is 43.1 Å². The Morgan fingerprint density at radius 3 is 2.37 bits per heavy atom. The molecule has 0 spiro atoms. The highest BCUT2D eigenvalue weighted by Crippen LogP contribution is 2.40. The van der Waals surface area contributed by atoms with Gasteiger partial charge in [0.15, 0.2) is 5.75 Å². The Bertz CT molecular complexity index is 1160. The van der Waals surface area contributed by atoms with E-state index in [1.165, 1.54) is 10.6 Å². The molecule has 0 amide bonds. The topological polar surface area (TPSA) is 76.2 Å². The van der Waals surface area contributed by atoms with Gasteiger partial charge in [-0.15, -0.1) is 0 Å². The van der Waals surface area contributed by atoms with Crippen LogP contribution in [-0.4, -0.2) is 69.5 Å². The third kappa shape index (κ3) is 7.33. The maximum absolute atomic E-state index is 12.6. The number of ether oxygens (including phenoxy) is 2. The lowest BCUT2D eigenvalue weighted by Crippen LogP contribution is -2.49. The maximum Gasteiger partial charge on any atom is 0.211 e. The summed E-state index contributed by atoms with van der Waals surface area (Å²) in [5.74, 6) is 2.05. The minimum Gasteiger partial charge on any atom is -0.496 e. The lowest BCUT2D eigenvalue weighted by Gasteiger charge is -2.32. The normalized spacial score (nSPS) is 15.4. The van der Waals surface area contributed by atoms with E-state index in [0.29, 0.717) is 60.6 Å². The van der Waals surface area contributed by atoms with Gasteiger partial charge in [0.25, 0.3) is 0 Å². The van der Waals surface area contributed by atoms with Gasteiger partial charge in [-0.25, -0.2) is 8.42 Å². The number of hydrogen-bond donors (Lipinski definition) is 0. The number of benzene rings is 2. The molecular formula is C25H32Cl2N2O5S. The van der Waals surface area contributed by atoms with Crippen molar-refractivity contribution in [3.8, 4) is 17.2 Å². The molecule has 0 aliphatic carbocycles. The summed E-state index contributed by atoms with van der Waals surface area (Å²) in [5, 5.41) is 0.768. The van der Waals surface area contributed by atoms with Crippen molar-refractivity contribution < 1.29 is 22.7 Å². The second kappa shape index (κ2) is 11.9. The van der Waals surface area contributed by atoms with Gasteiger partial charge in [0, 0.05) is 38.2 Å². The molecule has 1 saturated heterocycles. The lowest BCUT2D eigenvalue weighted by molar-refractivity contribution is -0.120. The van der Waals surface area contributed by atoms with Gasteiger partial charge in [-0.2, -0.15) is 4.31 Å². The zero-order valence-electron chi connectivity index (χ0n) is 20.5. The van der Waals surface area contributed by atoms with Gasteiger partial charge in [0.05, 0.1) is 30.0 Å². The van der Waals surface area contributed by atoms with E-state index in [-0.39, 0.29) is 18.2 Å². The predicted molar refractivity (Wildman–Crippen MR) is 140 cm³/mol. The number of nitrogens with zero attached hydrogens (tertiary/aromatic N) is 2. The molecular weight excluding hydrogens is 511 g/mol. The average Bonchev–Trinajstić information content (AvgIpc) is 2.80. The fraction of sp³-hybridized carbons (Fsp3) is 0.480. The number of sulfonamides is 1. The highest BCUT2D eigenvalue weighted by Gasteiger charge is 2.24. The van der Waals surface area contributed by atoms with Crippen LogP contribution in [0.2, 0.25) is 10.0 Å². The van der Waals surface area contributed by atoms with Gasteiger partial charge >= 0.3 is 0 Å². The largest absolute Gasteiger partial charge is 0.496 e. The van der Waals surface area contributed by atoms with Crippen LogP contribution in [0.15, 0.2) is 30.3 Å². The molecule has 2 aromatic rings. The molecule has 0 unspecified atom stereocenters. The van der Waals surface area contributed by atoms with Gasteiger partial charge in [0.2, 0.25) is 10.0 Å². The van der Waals surface area contributed by atoms with Crippen LogP contribution in [0.1, 0.15) is 37.3 Å². The molecule has 7 nitrogen and oxygen atoms in total. The van der Waals surface area contributed by atoms with E-state index in [1.807, 2.05) is 23.1 Å². The molecule has 1 heterocycles. The first-order valence-electron chi connectivity index (χ1n) is 11.5. The monoisotopic (exact) mass is 542 g/mol. The number of rotatable bonds is 10. The molecule has 0 N–H and O–H groups in total. The van der Waals surface area contributed by atoms with E-state index >= 15 is 0 Å². The van der Waals surface area contributed by atoms with Crippen molar-refractivity contribution in [3.05, 3.63) is 51.5 Å². The van der Waals surface area contributed by atoms with Crippen molar-refractivity contribution in [1.82, 2.24) is 9.21 Å². The smallest absolute Gasteiger partial charge is 0.211 e. The summed E-state index contributed by atoms with van der Waals surface area (Å²) >= 11 is 13.0. The van der Waals surface area contributed by atoms with E-state index < -0.39 is 10.0 Å². The first-order chi connectivity index (χ1) is 16.5. The van der Waals surface area contributed by atoms with Gasteiger partial charge in [-0.05, 0) is 42.2 Å². The van der Waals surface area contributed by atoms with Crippen molar-refractivity contribution >= 4 is 39.0 Å². The Kier molecular flexibility index (Phi) is 9.46. The molecule has 0 aromatic heterocycles. The van der Waals surface area contributed by atoms with Crippen LogP contribution < -0.4 is 9.47 Å². The van der Waals surface area contributed by atoms with E-state index in [4.69, 9.17) is 32.7 Å². The molecule has 0 atom stereocenters. The van der Waals surface area contributed by atoms with Crippen LogP contribution in [0.4, 0.5) is 0 Å². The van der Waals surface area contributed by atoms with Crippen LogP contribution in [0.3, 0.4) is 0 Å². The molecule has 0 bridgehead atoms. The first-order valence-corrected chi connectivity index (χ1v) is 14.1. The predicted octanol–water partition coefficient (Wildman–Crippen LogP) is 5.00. The van der Waals surface area contributed by atoms with Crippen LogP contribution >= 0.6 is 23.2 Å². The molecule has 192 valence electrons. The van der Waals surface area contributed by atoms with Crippen molar-refractivity contribution in [2.75, 3.05) is 46.1 Å². The summed E-state index contributed by atoms with van der Waals surface area (Å²) in [4.78, 5) is 14.6. The second-order valence-electron chi connectivity index (χ2n) is 8.99. The summed E-state index contributed by atoms with van der Waals surface area (Å²) < 4.78 is 36.2. The molecule has 10 heteroatoms. The van der Waals surface area contributed by atoms with E-state index in [1.54, 1.807) is 19.2 Å². The molecule has 1 fully saturated rings. The number of carbonyl (C=O) groups excluding carboxylic acids is 1. The molecule has 3 rings (SSSR count). The molecule has 35 heavy (non-hydrogen) atoms. The molecule has 1 aliphatic rings. The van der Waals surface area contributed by atoms with Crippen molar-refractivity contribution in [3.63, 3.8) is 0 Å². The number of halogens is 2. The third-order valence-electron chi connectivity index (χ3n) is 6.05. The summed E-state index contributed by atoms with van der Waals surface area (Å²) in [6.07, 6.45) is 1.97. The van der Waals surface area contributed by atoms with Gasteiger partial charge in [-0.3, -0.25) is 9.69 Å². The Hall–Kier alpha value is -1.84. The number of carbonyl (C=O) groups is 1. The Morgan fingerprint density at radius 2 is 1.77 bits per heavy atom. The summed E-state index contributed by atoms with van der Waals surface area (Å²) in [6, 6.07) is 9.10. The highest BCUT2D eigenvalue weighted by molar-refractivity contribution is 7.88. The zero-order valence-corrected chi connectivity index (χ0v) is 22.8. The minimum absolute atomic E-state index is 0.0722. The van der Waals surface area contributed by atoms with E-state index in [2.05, 4.69) is 13.8 Å². The number of Topliss-reactive ketones (excluding diaryl/α,β-unsaturated/α-hetero) is 1. The van der Waals surface area contributed by atoms with Crippen molar-refractivity contribution in [2.45, 2.75) is 32.6 Å². The fourth-order valence-electron chi connectivity index (χ4n) is 4.03. The molecule has 0 saturated carbocycles. The second-order valence-corrected chi connectivity index (χ2v) is 11.8. The van der Waals surface area contributed by atoms with E-state index in [0.717, 1.165) is 16.9 Å². The summed E-state index contributed by atoms with van der Waals surface area (Å²) in [5.41, 5.74) is 1.79. The number of ketones is 1. The average molecular weight is 544 g/mol. The highest BCUT2D eigenvalue weighted by atomic mass is 35.5. The summed E-state index contributed by atoms with van der Waals surface area (Å²) in [6.45, 7) is 6.32. The maximum atomic E-state index is 12.6. The van der Waals surface area contributed by atoms with Crippen LogP contribution in [0.25, 0.3) is 0 Å². The van der Waals surface area contributed by atoms with Crippen LogP contribution in [-0.2, 0) is 21.2 Å². The van der Waals surface area contributed by atoms with Gasteiger partial charge in [0.1, 0.15) is 17.3 Å². The zero-order chi connectivity index (χ0) is 25.8. The number of aryl methyl sites for hydroxylation is 1. The lowest BCUT2D eigenvalue weighted by atomic mass is 10.0. The Labute approximate surface area is 218 Å². The fourth-order valence-corrected chi connectivity index (χ4v) is 5.40. The first kappa shape index (κ1) is 27.7. The van der Waals surface area contributed by atoms with E-state index in [9.17, 15) is 13.2 Å². The Balaban J connectivity index is 1.63. The van der Waals surface area contributed by atoms with Crippen LogP contribution in [0, 0.1) is 0 Å². The standard InChI is InChI=1S/C25H32Cl2N2O5S/c1-17(2)21-15-20(8-10-23(21)33-3)34-25-22(26)9-6-18(24(25)27)5-7-19(30)16-28-11-13-29(14-12-28)35(4,31)32/h6,8-10,15,17H,5,7,11-14,16H2,1-4H3. The quantitative estimate of drug-likeness (QED) is 0.420. The molecule has 2 aromatic carbocycles. The third-order valence-corrected chi connectivity index (χ3v) is 8.06. The number of methoxy groups -OCH3 is 1. The van der Waals surface area contributed by atoms with Crippen molar-refractivity contribution in [1.29, 1.82) is 0 Å². The molecule has 1 aliphatic heterocycles. The SMILES string of the molecule is COc1ccc(Oc2c(Cl)ccc(CCC(=O)CN3CCN(S(C)(=O)=O)CC3)c2Cl)cc1C(C)C. The molecule has 0 radical (unpaired) electrons. The van der Waals surface area contributed by atoms with Crippen LogP contribution in [0.5, 0.6) is 17.2 Å². The van der Waals surface area contributed by atoms with Crippen molar-refractivity contribution in [2.24, 2.45) is 0 Å². The number of hydrogen-bond acceptors (Lipinski definition) is 6. The number of piperazine rings is 1. The van der Waals surface area contributed by atoms with Gasteiger partial charge < -0.3 is 9.47 Å². The minimum atomic E-state index is -3.19. The Morgan fingerprint density at radius 1 is 1.09 bits per heavy atom.